The number of carbonyl (C=O) groups excluding carboxylic acids is 1. The van der Waals surface area contributed by atoms with Crippen LogP contribution in [0.5, 0.6) is 0 Å². The van der Waals surface area contributed by atoms with E-state index in [1.165, 1.54) is 12.1 Å². The number of furan rings is 1. The zero-order valence-corrected chi connectivity index (χ0v) is 12.2. The zero-order valence-electron chi connectivity index (χ0n) is 12.2. The van der Waals surface area contributed by atoms with Gasteiger partial charge < -0.3 is 18.8 Å². The fraction of sp³-hybridized carbons (Fsp3) is 0.438. The third-order valence-electron chi connectivity index (χ3n) is 4.42. The van der Waals surface area contributed by atoms with Gasteiger partial charge in [0.1, 0.15) is 17.5 Å². The van der Waals surface area contributed by atoms with Crippen LogP contribution in [-0.4, -0.2) is 49.3 Å². The monoisotopic (exact) mass is 305 g/mol. The standard InChI is InChI=1S/C16H16FNO4/c1-9-11-6-10(17)2-3-13(11)22-15(9)16(19)18-4-5-21-14-8-20-7-12(14)18/h2-3,6,12,14H,4-5,7-8H2,1H3/t12-,14+/m0/s1. The summed E-state index contributed by atoms with van der Waals surface area (Å²) in [5, 5.41) is 0.635. The highest BCUT2D eigenvalue weighted by molar-refractivity contribution is 5.99. The molecule has 0 N–H and O–H groups in total. The predicted molar refractivity (Wildman–Crippen MR) is 76.3 cm³/mol. The Bertz CT molecular complexity index is 741. The number of halogens is 1. The molecule has 2 aliphatic rings. The van der Waals surface area contributed by atoms with E-state index < -0.39 is 0 Å². The summed E-state index contributed by atoms with van der Waals surface area (Å²) in [4.78, 5) is 14.6. The predicted octanol–water partition coefficient (Wildman–Crippen LogP) is 2.12. The Kier molecular flexibility index (Phi) is 3.16. The average molecular weight is 305 g/mol. The minimum absolute atomic E-state index is 0.0696. The molecule has 22 heavy (non-hydrogen) atoms. The van der Waals surface area contributed by atoms with Crippen LogP contribution in [0.25, 0.3) is 11.0 Å². The van der Waals surface area contributed by atoms with Gasteiger partial charge in [0.25, 0.3) is 5.91 Å². The van der Waals surface area contributed by atoms with E-state index in [2.05, 4.69) is 0 Å². The lowest BCUT2D eigenvalue weighted by molar-refractivity contribution is -0.0390. The number of fused-ring (bicyclic) bond motifs is 2. The van der Waals surface area contributed by atoms with Crippen molar-refractivity contribution in [3.8, 4) is 0 Å². The summed E-state index contributed by atoms with van der Waals surface area (Å²) in [6, 6.07) is 4.20. The topological polar surface area (TPSA) is 51.9 Å². The largest absolute Gasteiger partial charge is 0.451 e. The van der Waals surface area contributed by atoms with Crippen molar-refractivity contribution < 1.29 is 23.1 Å². The maximum Gasteiger partial charge on any atom is 0.290 e. The molecule has 2 aliphatic heterocycles. The van der Waals surface area contributed by atoms with Gasteiger partial charge in [-0.25, -0.2) is 4.39 Å². The quantitative estimate of drug-likeness (QED) is 0.810. The van der Waals surface area contributed by atoms with Crippen molar-refractivity contribution in [3.63, 3.8) is 0 Å². The van der Waals surface area contributed by atoms with Gasteiger partial charge >= 0.3 is 0 Å². The summed E-state index contributed by atoms with van der Waals surface area (Å²) in [6.45, 7) is 3.77. The molecule has 4 rings (SSSR count). The van der Waals surface area contributed by atoms with Crippen LogP contribution in [0, 0.1) is 12.7 Å². The summed E-state index contributed by atoms with van der Waals surface area (Å²) in [5.74, 6) is -0.253. The molecule has 6 heteroatoms. The zero-order chi connectivity index (χ0) is 15.3. The number of aryl methyl sites for hydroxylation is 1. The summed E-state index contributed by atoms with van der Waals surface area (Å²) >= 11 is 0. The van der Waals surface area contributed by atoms with Crippen LogP contribution in [0.3, 0.4) is 0 Å². The fourth-order valence-electron chi connectivity index (χ4n) is 3.22. The number of hydrogen-bond acceptors (Lipinski definition) is 4. The van der Waals surface area contributed by atoms with Gasteiger partial charge in [0.2, 0.25) is 0 Å². The maximum absolute atomic E-state index is 13.4. The van der Waals surface area contributed by atoms with Crippen molar-refractivity contribution in [2.24, 2.45) is 0 Å². The lowest BCUT2D eigenvalue weighted by Crippen LogP contribution is -2.53. The van der Waals surface area contributed by atoms with Crippen LogP contribution < -0.4 is 0 Å². The molecule has 116 valence electrons. The second-order valence-electron chi connectivity index (χ2n) is 5.71. The Hall–Kier alpha value is -1.92. The molecule has 1 aromatic carbocycles. The number of amides is 1. The van der Waals surface area contributed by atoms with E-state index in [9.17, 15) is 9.18 Å². The first-order chi connectivity index (χ1) is 10.6. The van der Waals surface area contributed by atoms with Crippen LogP contribution in [0.15, 0.2) is 22.6 Å². The molecule has 2 aromatic rings. The van der Waals surface area contributed by atoms with Crippen LogP contribution in [0.1, 0.15) is 16.1 Å². The molecule has 0 saturated carbocycles. The van der Waals surface area contributed by atoms with E-state index in [4.69, 9.17) is 13.9 Å². The number of rotatable bonds is 1. The second kappa shape index (κ2) is 5.07. The second-order valence-corrected chi connectivity index (χ2v) is 5.71. The van der Waals surface area contributed by atoms with Crippen LogP contribution in [-0.2, 0) is 9.47 Å². The van der Waals surface area contributed by atoms with Gasteiger partial charge in [0.05, 0.1) is 25.9 Å². The van der Waals surface area contributed by atoms with Gasteiger partial charge in [0, 0.05) is 17.5 Å². The van der Waals surface area contributed by atoms with Crippen molar-refractivity contribution in [2.45, 2.75) is 19.1 Å². The van der Waals surface area contributed by atoms with E-state index in [0.717, 1.165) is 0 Å². The molecular weight excluding hydrogens is 289 g/mol. The van der Waals surface area contributed by atoms with Gasteiger partial charge in [0.15, 0.2) is 5.76 Å². The van der Waals surface area contributed by atoms with Gasteiger partial charge in [-0.3, -0.25) is 4.79 Å². The van der Waals surface area contributed by atoms with Crippen LogP contribution in [0.2, 0.25) is 0 Å². The van der Waals surface area contributed by atoms with Gasteiger partial charge in [-0.15, -0.1) is 0 Å². The third kappa shape index (κ3) is 2.02. The number of nitrogens with zero attached hydrogens (tertiary/aromatic N) is 1. The number of benzene rings is 1. The molecule has 3 heterocycles. The van der Waals surface area contributed by atoms with E-state index in [1.54, 1.807) is 17.9 Å². The van der Waals surface area contributed by atoms with Gasteiger partial charge in [-0.1, -0.05) is 0 Å². The average Bonchev–Trinajstić information content (AvgIpc) is 3.11. The van der Waals surface area contributed by atoms with E-state index in [-0.39, 0.29) is 29.6 Å². The molecule has 2 saturated heterocycles. The summed E-state index contributed by atoms with van der Waals surface area (Å²) in [6.07, 6.45) is -0.0696. The lowest BCUT2D eigenvalue weighted by Gasteiger charge is -2.35. The van der Waals surface area contributed by atoms with Crippen molar-refractivity contribution in [1.82, 2.24) is 4.90 Å². The molecule has 0 aliphatic carbocycles. The van der Waals surface area contributed by atoms with Crippen molar-refractivity contribution in [1.29, 1.82) is 0 Å². The SMILES string of the molecule is Cc1c(C(=O)N2CCO[C@@H]3COC[C@@H]32)oc2ccc(F)cc12. The Balaban J connectivity index is 1.72. The first-order valence-electron chi connectivity index (χ1n) is 7.34. The van der Waals surface area contributed by atoms with Gasteiger partial charge in [-0.2, -0.15) is 0 Å². The minimum atomic E-state index is -0.342. The lowest BCUT2D eigenvalue weighted by atomic mass is 10.1. The maximum atomic E-state index is 13.4. The normalized spacial score (nSPS) is 24.7. The third-order valence-corrected chi connectivity index (χ3v) is 4.42. The molecular formula is C16H16FNO4. The number of carbonyl (C=O) groups is 1. The van der Waals surface area contributed by atoms with E-state index >= 15 is 0 Å². The Morgan fingerprint density at radius 2 is 2.23 bits per heavy atom. The van der Waals surface area contributed by atoms with Gasteiger partial charge in [-0.05, 0) is 25.1 Å². The molecule has 5 nitrogen and oxygen atoms in total. The highest BCUT2D eigenvalue weighted by Crippen LogP contribution is 2.29. The number of hydrogen-bond donors (Lipinski definition) is 0. The highest BCUT2D eigenvalue weighted by Gasteiger charge is 2.40. The smallest absolute Gasteiger partial charge is 0.290 e. The van der Waals surface area contributed by atoms with Crippen molar-refractivity contribution in [3.05, 3.63) is 35.3 Å². The molecule has 1 aromatic heterocycles. The molecule has 0 unspecified atom stereocenters. The van der Waals surface area contributed by atoms with Crippen LogP contribution in [0.4, 0.5) is 4.39 Å². The molecule has 0 bridgehead atoms. The summed E-state index contributed by atoms with van der Waals surface area (Å²) in [7, 11) is 0. The number of ether oxygens (including phenoxy) is 2. The van der Waals surface area contributed by atoms with Crippen molar-refractivity contribution in [2.75, 3.05) is 26.4 Å². The molecule has 1 amide bonds. The molecule has 2 fully saturated rings. The first kappa shape index (κ1) is 13.7. The molecule has 0 spiro atoms. The van der Waals surface area contributed by atoms with Crippen molar-refractivity contribution >= 4 is 16.9 Å². The minimum Gasteiger partial charge on any atom is -0.451 e. The van der Waals surface area contributed by atoms with E-state index in [0.29, 0.717) is 42.9 Å². The Labute approximate surface area is 126 Å². The number of morpholine rings is 1. The van der Waals surface area contributed by atoms with E-state index in [1.807, 2.05) is 0 Å². The highest BCUT2D eigenvalue weighted by atomic mass is 19.1. The Morgan fingerprint density at radius 1 is 1.36 bits per heavy atom. The summed E-state index contributed by atoms with van der Waals surface area (Å²) < 4.78 is 30.1. The summed E-state index contributed by atoms with van der Waals surface area (Å²) in [5.41, 5.74) is 1.19. The first-order valence-corrected chi connectivity index (χ1v) is 7.34. The Morgan fingerprint density at radius 3 is 3.09 bits per heavy atom. The molecule has 2 atom stereocenters. The van der Waals surface area contributed by atoms with Crippen LogP contribution >= 0.6 is 0 Å². The molecule has 0 radical (unpaired) electrons. The fourth-order valence-corrected chi connectivity index (χ4v) is 3.22.